The molecule has 1 atom stereocenters. The molecule has 0 radical (unpaired) electrons. The number of rotatable bonds is 3. The molecule has 0 aliphatic carbocycles. The first-order chi connectivity index (χ1) is 6.77. The second-order valence-corrected chi connectivity index (χ2v) is 4.91. The zero-order valence-corrected chi connectivity index (χ0v) is 9.09. The van der Waals surface area contributed by atoms with Gasteiger partial charge in [-0.05, 0) is 18.6 Å². The summed E-state index contributed by atoms with van der Waals surface area (Å²) >= 11 is 1.79. The fourth-order valence-corrected chi connectivity index (χ4v) is 2.89. The molecule has 1 unspecified atom stereocenters. The zero-order valence-electron chi connectivity index (χ0n) is 8.27. The Morgan fingerprint density at radius 3 is 3.21 bits per heavy atom. The smallest absolute Gasteiger partial charge is 0.153 e. The summed E-state index contributed by atoms with van der Waals surface area (Å²) < 4.78 is 1.91. The third kappa shape index (κ3) is 2.00. The molecule has 1 fully saturated rings. The van der Waals surface area contributed by atoms with Gasteiger partial charge in [-0.3, -0.25) is 4.79 Å². The van der Waals surface area contributed by atoms with E-state index < -0.39 is 0 Å². The maximum atomic E-state index is 11.8. The molecule has 1 saturated heterocycles. The minimum absolute atomic E-state index is 0.228. The van der Waals surface area contributed by atoms with Crippen LogP contribution in [-0.4, -0.2) is 26.3 Å². The van der Waals surface area contributed by atoms with Gasteiger partial charge >= 0.3 is 0 Å². The molecule has 1 aromatic heterocycles. The predicted octanol–water partition coefficient (Wildman–Crippen LogP) is 1.43. The minimum Gasteiger partial charge on any atom is -0.338 e. The number of Topliss-reactive ketones (excluding diaryl/α,β-unsaturated/α-hetero) is 1. The topological polar surface area (TPSA) is 34.9 Å². The monoisotopic (exact) mass is 210 g/mol. The molecular formula is C10H14N2OS. The van der Waals surface area contributed by atoms with E-state index in [-0.39, 0.29) is 5.25 Å². The van der Waals surface area contributed by atoms with Crippen molar-refractivity contribution in [1.82, 2.24) is 9.55 Å². The highest BCUT2D eigenvalue weighted by atomic mass is 32.2. The summed E-state index contributed by atoms with van der Waals surface area (Å²) in [5.41, 5.74) is 0. The average molecular weight is 210 g/mol. The Balaban J connectivity index is 1.97. The van der Waals surface area contributed by atoms with Gasteiger partial charge in [-0.1, -0.05) is 0 Å². The van der Waals surface area contributed by atoms with E-state index in [4.69, 9.17) is 0 Å². The van der Waals surface area contributed by atoms with Crippen molar-refractivity contribution in [2.45, 2.75) is 24.5 Å². The van der Waals surface area contributed by atoms with Crippen LogP contribution in [0.1, 0.15) is 18.7 Å². The molecule has 2 rings (SSSR count). The summed E-state index contributed by atoms with van der Waals surface area (Å²) in [4.78, 5) is 16.0. The molecule has 0 aromatic carbocycles. The van der Waals surface area contributed by atoms with Crippen molar-refractivity contribution >= 4 is 17.5 Å². The van der Waals surface area contributed by atoms with E-state index in [9.17, 15) is 4.79 Å². The van der Waals surface area contributed by atoms with Gasteiger partial charge < -0.3 is 4.57 Å². The molecule has 1 aliphatic rings. The highest BCUT2D eigenvalue weighted by Crippen LogP contribution is 2.27. The Morgan fingerprint density at radius 2 is 2.64 bits per heavy atom. The number of aromatic nitrogens is 2. The van der Waals surface area contributed by atoms with Crippen molar-refractivity contribution < 1.29 is 4.79 Å². The van der Waals surface area contributed by atoms with Crippen molar-refractivity contribution in [2.75, 3.05) is 5.75 Å². The summed E-state index contributed by atoms with van der Waals surface area (Å²) in [6, 6.07) is 0. The van der Waals surface area contributed by atoms with Crippen LogP contribution >= 0.6 is 11.8 Å². The summed E-state index contributed by atoms with van der Waals surface area (Å²) in [5, 5.41) is 0.228. The lowest BCUT2D eigenvalue weighted by molar-refractivity contribution is -0.118. The molecule has 76 valence electrons. The fraction of sp³-hybridized carbons (Fsp3) is 0.600. The normalized spacial score (nSPS) is 21.4. The number of carbonyl (C=O) groups is 1. The van der Waals surface area contributed by atoms with Gasteiger partial charge in [-0.15, -0.1) is 0 Å². The molecule has 1 aliphatic heterocycles. The van der Waals surface area contributed by atoms with E-state index in [1.165, 1.54) is 6.42 Å². The van der Waals surface area contributed by atoms with E-state index in [1.54, 1.807) is 18.0 Å². The standard InChI is InChI=1S/C10H14N2OS/c1-12-5-4-11-10(12)7-8(13)9-3-2-6-14-9/h4-5,9H,2-3,6-7H2,1H3. The molecule has 4 heteroatoms. The number of carbonyl (C=O) groups excluding carboxylic acids is 1. The molecule has 0 N–H and O–H groups in total. The lowest BCUT2D eigenvalue weighted by Gasteiger charge is -2.06. The van der Waals surface area contributed by atoms with Crippen molar-refractivity contribution in [2.24, 2.45) is 7.05 Å². The van der Waals surface area contributed by atoms with Gasteiger partial charge in [-0.2, -0.15) is 11.8 Å². The van der Waals surface area contributed by atoms with E-state index in [1.807, 2.05) is 17.8 Å². The highest BCUT2D eigenvalue weighted by Gasteiger charge is 2.23. The van der Waals surface area contributed by atoms with Crippen molar-refractivity contribution in [3.63, 3.8) is 0 Å². The number of nitrogens with zero attached hydrogens (tertiary/aromatic N) is 2. The van der Waals surface area contributed by atoms with Crippen LogP contribution in [0.15, 0.2) is 12.4 Å². The van der Waals surface area contributed by atoms with Gasteiger partial charge in [0.25, 0.3) is 0 Å². The van der Waals surface area contributed by atoms with Crippen molar-refractivity contribution in [3.8, 4) is 0 Å². The third-order valence-corrected chi connectivity index (χ3v) is 3.97. The average Bonchev–Trinajstić information content (AvgIpc) is 2.77. The Morgan fingerprint density at radius 1 is 1.79 bits per heavy atom. The molecule has 14 heavy (non-hydrogen) atoms. The van der Waals surface area contributed by atoms with Crippen LogP contribution in [0.2, 0.25) is 0 Å². The maximum absolute atomic E-state index is 11.8. The molecule has 0 bridgehead atoms. The molecular weight excluding hydrogens is 196 g/mol. The van der Waals surface area contributed by atoms with Gasteiger partial charge in [0.2, 0.25) is 0 Å². The van der Waals surface area contributed by atoms with Crippen LogP contribution in [0, 0.1) is 0 Å². The van der Waals surface area contributed by atoms with Crippen molar-refractivity contribution in [3.05, 3.63) is 18.2 Å². The molecule has 0 saturated carbocycles. The van der Waals surface area contributed by atoms with Crippen LogP contribution in [-0.2, 0) is 18.3 Å². The Hall–Kier alpha value is -0.770. The summed E-state index contributed by atoms with van der Waals surface area (Å²) in [6.45, 7) is 0. The van der Waals surface area contributed by atoms with Gasteiger partial charge in [-0.25, -0.2) is 4.98 Å². The summed E-state index contributed by atoms with van der Waals surface area (Å²) in [5.74, 6) is 2.35. The molecule has 0 amide bonds. The van der Waals surface area contributed by atoms with Gasteiger partial charge in [0, 0.05) is 19.4 Å². The minimum atomic E-state index is 0.228. The second kappa shape index (κ2) is 4.17. The fourth-order valence-electron chi connectivity index (χ4n) is 1.67. The Bertz CT molecular complexity index is 329. The van der Waals surface area contributed by atoms with Crippen LogP contribution in [0.5, 0.6) is 0 Å². The highest BCUT2D eigenvalue weighted by molar-refractivity contribution is 8.00. The van der Waals surface area contributed by atoms with Crippen LogP contribution in [0.25, 0.3) is 0 Å². The first-order valence-electron chi connectivity index (χ1n) is 4.88. The Kier molecular flexibility index (Phi) is 2.91. The van der Waals surface area contributed by atoms with Gasteiger partial charge in [0.15, 0.2) is 5.78 Å². The summed E-state index contributed by atoms with van der Waals surface area (Å²) in [6.07, 6.45) is 6.34. The molecule has 3 nitrogen and oxygen atoms in total. The van der Waals surface area contributed by atoms with Crippen LogP contribution in [0.4, 0.5) is 0 Å². The van der Waals surface area contributed by atoms with Crippen LogP contribution < -0.4 is 0 Å². The Labute approximate surface area is 87.9 Å². The van der Waals surface area contributed by atoms with Crippen LogP contribution in [0.3, 0.4) is 0 Å². The van der Waals surface area contributed by atoms with E-state index in [0.717, 1.165) is 18.0 Å². The molecule has 1 aromatic rings. The first-order valence-corrected chi connectivity index (χ1v) is 5.93. The molecule has 0 spiro atoms. The predicted molar refractivity (Wildman–Crippen MR) is 57.4 cm³/mol. The number of hydrogen-bond acceptors (Lipinski definition) is 3. The van der Waals surface area contributed by atoms with E-state index >= 15 is 0 Å². The van der Waals surface area contributed by atoms with E-state index in [0.29, 0.717) is 12.2 Å². The lowest BCUT2D eigenvalue weighted by atomic mass is 10.1. The second-order valence-electron chi connectivity index (χ2n) is 3.60. The zero-order chi connectivity index (χ0) is 9.97. The number of ketones is 1. The number of aryl methyl sites for hydroxylation is 1. The maximum Gasteiger partial charge on any atom is 0.153 e. The molecule has 2 heterocycles. The van der Waals surface area contributed by atoms with Crippen molar-refractivity contribution in [1.29, 1.82) is 0 Å². The number of thioether (sulfide) groups is 1. The summed E-state index contributed by atoms with van der Waals surface area (Å²) in [7, 11) is 1.93. The third-order valence-electron chi connectivity index (χ3n) is 2.54. The quantitative estimate of drug-likeness (QED) is 0.757. The van der Waals surface area contributed by atoms with Gasteiger partial charge in [0.05, 0.1) is 11.7 Å². The first kappa shape index (κ1) is 9.77. The number of imidazole rings is 1. The number of hydrogen-bond donors (Lipinski definition) is 0. The van der Waals surface area contributed by atoms with Gasteiger partial charge in [0.1, 0.15) is 5.82 Å². The SMILES string of the molecule is Cn1ccnc1CC(=O)C1CCCS1. The van der Waals surface area contributed by atoms with E-state index in [2.05, 4.69) is 4.98 Å². The largest absolute Gasteiger partial charge is 0.338 e. The lowest BCUT2D eigenvalue weighted by Crippen LogP contribution is -2.18.